The smallest absolute Gasteiger partial charge is 0.243 e. The molecule has 0 aromatic heterocycles. The van der Waals surface area contributed by atoms with Gasteiger partial charge in [0.15, 0.2) is 0 Å². The molecule has 2 saturated heterocycles. The fourth-order valence-electron chi connectivity index (χ4n) is 4.93. The highest BCUT2D eigenvalue weighted by Crippen LogP contribution is 2.33. The quantitative estimate of drug-likeness (QED) is 0.441. The van der Waals surface area contributed by atoms with Gasteiger partial charge in [-0.05, 0) is 53.9 Å². The van der Waals surface area contributed by atoms with Gasteiger partial charge in [-0.1, -0.05) is 30.3 Å². The third kappa shape index (κ3) is 5.80. The molecule has 10 nitrogen and oxygen atoms in total. The highest BCUT2D eigenvalue weighted by molar-refractivity contribution is 7.89. The van der Waals surface area contributed by atoms with Crippen molar-refractivity contribution in [3.05, 3.63) is 60.7 Å². The summed E-state index contributed by atoms with van der Waals surface area (Å²) in [6.07, 6.45) is 1.99. The molecule has 0 saturated carbocycles. The minimum absolute atomic E-state index is 0.0692. The molecule has 2 aliphatic rings. The van der Waals surface area contributed by atoms with Crippen molar-refractivity contribution >= 4 is 48.1 Å². The van der Waals surface area contributed by atoms with Crippen molar-refractivity contribution < 1.29 is 26.4 Å². The van der Waals surface area contributed by atoms with Crippen LogP contribution in [-0.4, -0.2) is 84.3 Å². The molecule has 5 rings (SSSR count). The Morgan fingerprint density at radius 1 is 0.872 bits per heavy atom. The summed E-state index contributed by atoms with van der Waals surface area (Å²) in [6.45, 7) is 2.31. The van der Waals surface area contributed by atoms with Crippen molar-refractivity contribution in [1.29, 1.82) is 0 Å². The minimum atomic E-state index is -3.94. The molecule has 0 aliphatic carbocycles. The number of fused-ring (bicyclic) bond motifs is 1. The van der Waals surface area contributed by atoms with Crippen molar-refractivity contribution in [2.75, 3.05) is 63.2 Å². The predicted octanol–water partition coefficient (Wildman–Crippen LogP) is 2.72. The molecular formula is C27H32N4O6S2. The second-order valence-electron chi connectivity index (χ2n) is 9.71. The number of nitrogens with one attached hydrogen (secondary N) is 1. The Morgan fingerprint density at radius 3 is 2.26 bits per heavy atom. The van der Waals surface area contributed by atoms with Crippen LogP contribution < -0.4 is 10.2 Å². The minimum Gasteiger partial charge on any atom is -0.379 e. The van der Waals surface area contributed by atoms with Crippen LogP contribution in [0.3, 0.4) is 0 Å². The Balaban J connectivity index is 1.38. The molecular weight excluding hydrogens is 540 g/mol. The summed E-state index contributed by atoms with van der Waals surface area (Å²) in [5.74, 6) is -0.566. The van der Waals surface area contributed by atoms with Gasteiger partial charge in [-0.15, -0.1) is 0 Å². The van der Waals surface area contributed by atoms with Gasteiger partial charge in [-0.2, -0.15) is 8.61 Å². The van der Waals surface area contributed by atoms with Crippen LogP contribution in [0, 0.1) is 0 Å². The van der Waals surface area contributed by atoms with Crippen molar-refractivity contribution in [2.45, 2.75) is 22.6 Å². The van der Waals surface area contributed by atoms with Crippen molar-refractivity contribution in [3.63, 3.8) is 0 Å². The third-order valence-corrected chi connectivity index (χ3v) is 10.8. The van der Waals surface area contributed by atoms with E-state index in [0.717, 1.165) is 41.0 Å². The normalized spacial score (nSPS) is 17.1. The van der Waals surface area contributed by atoms with E-state index in [2.05, 4.69) is 10.2 Å². The van der Waals surface area contributed by atoms with E-state index in [4.69, 9.17) is 4.74 Å². The standard InChI is InChI=1S/C27H32N4O6S2/c1-29(38(33,34)23-9-8-21-6-2-3-7-22(21)18-23)20-27(32)28-25-19-24(10-11-26(25)30-12-4-5-13-30)39(35,36)31-14-16-37-17-15-31/h2-3,6-11,18-19H,4-5,12-17,20H2,1H3,(H,28,32). The maximum absolute atomic E-state index is 13.3. The molecule has 2 heterocycles. The predicted molar refractivity (Wildman–Crippen MR) is 150 cm³/mol. The van der Waals surface area contributed by atoms with Gasteiger partial charge < -0.3 is 15.0 Å². The Bertz CT molecular complexity index is 1580. The molecule has 12 heteroatoms. The van der Waals surface area contributed by atoms with E-state index in [0.29, 0.717) is 24.6 Å². The highest BCUT2D eigenvalue weighted by Gasteiger charge is 2.29. The Labute approximate surface area is 229 Å². The summed E-state index contributed by atoms with van der Waals surface area (Å²) >= 11 is 0. The number of hydrogen-bond donors (Lipinski definition) is 1. The van der Waals surface area contributed by atoms with Crippen molar-refractivity contribution in [1.82, 2.24) is 8.61 Å². The Morgan fingerprint density at radius 2 is 1.54 bits per heavy atom. The lowest BCUT2D eigenvalue weighted by molar-refractivity contribution is -0.116. The van der Waals surface area contributed by atoms with Gasteiger partial charge in [-0.3, -0.25) is 4.79 Å². The number of anilines is 2. The molecule has 0 bridgehead atoms. The van der Waals surface area contributed by atoms with Crippen LogP contribution in [0.25, 0.3) is 10.8 Å². The molecule has 1 N–H and O–H groups in total. The van der Waals surface area contributed by atoms with E-state index in [9.17, 15) is 21.6 Å². The molecule has 0 radical (unpaired) electrons. The van der Waals surface area contributed by atoms with Gasteiger partial charge in [0.05, 0.1) is 40.9 Å². The first kappa shape index (κ1) is 27.5. The van der Waals surface area contributed by atoms with E-state index in [1.54, 1.807) is 24.3 Å². The maximum Gasteiger partial charge on any atom is 0.243 e. The second kappa shape index (κ2) is 11.2. The molecule has 39 heavy (non-hydrogen) atoms. The zero-order valence-electron chi connectivity index (χ0n) is 21.7. The van der Waals surface area contributed by atoms with Crippen LogP contribution in [0.5, 0.6) is 0 Å². The summed E-state index contributed by atoms with van der Waals surface area (Å²) in [5, 5.41) is 4.49. The van der Waals surface area contributed by atoms with Crippen LogP contribution in [0.4, 0.5) is 11.4 Å². The lowest BCUT2D eigenvalue weighted by atomic mass is 10.1. The molecule has 0 spiro atoms. The number of carbonyl (C=O) groups is 1. The second-order valence-corrected chi connectivity index (χ2v) is 13.7. The number of sulfonamides is 2. The van der Waals surface area contributed by atoms with Crippen molar-refractivity contribution in [2.24, 2.45) is 0 Å². The number of nitrogens with zero attached hydrogens (tertiary/aromatic N) is 3. The fraction of sp³-hybridized carbons (Fsp3) is 0.370. The first-order valence-corrected chi connectivity index (χ1v) is 15.8. The zero-order valence-corrected chi connectivity index (χ0v) is 23.4. The molecule has 0 unspecified atom stereocenters. The molecule has 208 valence electrons. The number of hydrogen-bond acceptors (Lipinski definition) is 7. The van der Waals surface area contributed by atoms with Crippen LogP contribution in [0.1, 0.15) is 12.8 Å². The van der Waals surface area contributed by atoms with E-state index in [1.165, 1.54) is 23.5 Å². The van der Waals surface area contributed by atoms with Gasteiger partial charge in [0, 0.05) is 33.2 Å². The fourth-order valence-corrected chi connectivity index (χ4v) is 7.53. The van der Waals surface area contributed by atoms with Gasteiger partial charge in [0.25, 0.3) is 0 Å². The van der Waals surface area contributed by atoms with Gasteiger partial charge >= 0.3 is 0 Å². The van der Waals surface area contributed by atoms with Crippen LogP contribution in [0.15, 0.2) is 70.5 Å². The number of benzene rings is 3. The summed E-state index contributed by atoms with van der Waals surface area (Å²) < 4.78 is 60.7. The van der Waals surface area contributed by atoms with Crippen LogP contribution >= 0.6 is 0 Å². The van der Waals surface area contributed by atoms with Crippen LogP contribution in [-0.2, 0) is 29.6 Å². The van der Waals surface area contributed by atoms with Gasteiger partial charge in [0.1, 0.15) is 0 Å². The molecule has 3 aromatic carbocycles. The Hall–Kier alpha value is -3.03. The molecule has 3 aromatic rings. The first-order valence-electron chi connectivity index (χ1n) is 12.9. The van der Waals surface area contributed by atoms with E-state index in [-0.39, 0.29) is 22.9 Å². The lowest BCUT2D eigenvalue weighted by Crippen LogP contribution is -2.40. The maximum atomic E-state index is 13.3. The highest BCUT2D eigenvalue weighted by atomic mass is 32.2. The third-order valence-electron chi connectivity index (χ3n) is 7.09. The van der Waals surface area contributed by atoms with Crippen molar-refractivity contribution in [3.8, 4) is 0 Å². The topological polar surface area (TPSA) is 116 Å². The lowest BCUT2D eigenvalue weighted by Gasteiger charge is -2.27. The number of morpholine rings is 1. The number of likely N-dealkylation sites (N-methyl/N-ethyl adjacent to an activating group) is 1. The number of rotatable bonds is 8. The Kier molecular flexibility index (Phi) is 7.92. The zero-order chi connectivity index (χ0) is 27.6. The number of ether oxygens (including phenoxy) is 1. The molecule has 2 aliphatic heterocycles. The van der Waals surface area contributed by atoms with E-state index in [1.807, 2.05) is 24.3 Å². The molecule has 1 amide bonds. The molecule has 0 atom stereocenters. The average Bonchev–Trinajstić information content (AvgIpc) is 3.48. The SMILES string of the molecule is CN(CC(=O)Nc1cc(S(=O)(=O)N2CCOCC2)ccc1N1CCCC1)S(=O)(=O)c1ccc2ccccc2c1. The first-order chi connectivity index (χ1) is 18.7. The van der Waals surface area contributed by atoms with Gasteiger partial charge in [-0.25, -0.2) is 16.8 Å². The summed E-state index contributed by atoms with van der Waals surface area (Å²) in [6, 6.07) is 17.0. The number of carbonyl (C=O) groups excluding carboxylic acids is 1. The van der Waals surface area contributed by atoms with E-state index < -0.39 is 32.5 Å². The van der Waals surface area contributed by atoms with E-state index >= 15 is 0 Å². The monoisotopic (exact) mass is 572 g/mol. The largest absolute Gasteiger partial charge is 0.379 e. The molecule has 2 fully saturated rings. The summed E-state index contributed by atoms with van der Waals surface area (Å²) in [4.78, 5) is 15.4. The average molecular weight is 573 g/mol. The van der Waals surface area contributed by atoms with Gasteiger partial charge in [0.2, 0.25) is 26.0 Å². The van der Waals surface area contributed by atoms with Crippen LogP contribution in [0.2, 0.25) is 0 Å². The summed E-state index contributed by atoms with van der Waals surface area (Å²) in [5.41, 5.74) is 1.05. The summed E-state index contributed by atoms with van der Waals surface area (Å²) in [7, 11) is -6.37. The number of amides is 1.